The molecule has 0 heterocycles. The maximum absolute atomic E-state index is 13.4. The number of aliphatic hydroxyl groups is 1. The van der Waals surface area contributed by atoms with Crippen LogP contribution < -0.4 is 14.2 Å². The summed E-state index contributed by atoms with van der Waals surface area (Å²) in [4.78, 5) is 37.6. The molecule has 7 nitrogen and oxygen atoms in total. The van der Waals surface area contributed by atoms with Crippen molar-refractivity contribution in [3.63, 3.8) is 0 Å². The van der Waals surface area contributed by atoms with Gasteiger partial charge in [0.2, 0.25) is 0 Å². The highest BCUT2D eigenvalue weighted by molar-refractivity contribution is 5.98. The molecule has 0 radical (unpaired) electrons. The molecule has 1 N–H and O–H groups in total. The number of unbranched alkanes of at least 4 members (excludes halogenated alkanes) is 1. The average molecular weight is 591 g/mol. The van der Waals surface area contributed by atoms with Crippen LogP contribution in [0.15, 0.2) is 115 Å². The molecule has 0 spiro atoms. The monoisotopic (exact) mass is 590 g/mol. The normalized spacial score (nSPS) is 10.5. The van der Waals surface area contributed by atoms with Crippen molar-refractivity contribution in [3.8, 4) is 39.5 Å². The SMILES string of the molecule is C=C(C)C(=O)Oc1ccc(-c2ccc(OC(=O)C(=C)CO)c(C(=O)Oc3ccc(-c4ccc(CCCC)cc4)cc3)c2)cc1. The highest BCUT2D eigenvalue weighted by Crippen LogP contribution is 2.30. The number of carbonyl (C=O) groups is 3. The zero-order valence-electron chi connectivity index (χ0n) is 24.8. The summed E-state index contributed by atoms with van der Waals surface area (Å²) in [6.07, 6.45) is 3.35. The molecule has 0 saturated heterocycles. The first-order valence-corrected chi connectivity index (χ1v) is 14.2. The molecule has 0 aliphatic carbocycles. The molecule has 4 aromatic carbocycles. The standard InChI is InChI=1S/C37H34O7/c1-5-6-7-26-8-10-27(11-9-26)28-12-17-32(18-13-28)43-37(41)33-22-30(16-21-34(33)44-36(40)25(4)23-38)29-14-19-31(20-15-29)42-35(39)24(2)3/h8-22,38H,2,4-7,23H2,1,3H3. The van der Waals surface area contributed by atoms with Crippen molar-refractivity contribution in [2.24, 2.45) is 0 Å². The van der Waals surface area contributed by atoms with E-state index in [1.165, 1.54) is 17.7 Å². The molecule has 0 bridgehead atoms. The lowest BCUT2D eigenvalue weighted by Gasteiger charge is -2.13. The van der Waals surface area contributed by atoms with Crippen LogP contribution in [-0.2, 0) is 16.0 Å². The Morgan fingerprint density at radius 1 is 0.682 bits per heavy atom. The lowest BCUT2D eigenvalue weighted by molar-refractivity contribution is -0.131. The molecular formula is C37H34O7. The summed E-state index contributed by atoms with van der Waals surface area (Å²) >= 11 is 0. The van der Waals surface area contributed by atoms with Crippen LogP contribution in [0.1, 0.15) is 42.6 Å². The fourth-order valence-corrected chi connectivity index (χ4v) is 4.23. The maximum Gasteiger partial charge on any atom is 0.347 e. The van der Waals surface area contributed by atoms with Crippen molar-refractivity contribution in [2.45, 2.75) is 33.1 Å². The van der Waals surface area contributed by atoms with Crippen LogP contribution in [0.25, 0.3) is 22.3 Å². The van der Waals surface area contributed by atoms with E-state index in [0.29, 0.717) is 22.6 Å². The van der Waals surface area contributed by atoms with Gasteiger partial charge in [0, 0.05) is 5.57 Å². The van der Waals surface area contributed by atoms with Crippen LogP contribution in [0.5, 0.6) is 17.2 Å². The molecule has 224 valence electrons. The lowest BCUT2D eigenvalue weighted by atomic mass is 10.0. The molecule has 0 aromatic heterocycles. The second kappa shape index (κ2) is 14.8. The fourth-order valence-electron chi connectivity index (χ4n) is 4.23. The number of aliphatic hydroxyl groups excluding tert-OH is 1. The number of esters is 3. The van der Waals surface area contributed by atoms with Gasteiger partial charge in [0.1, 0.15) is 22.8 Å². The topological polar surface area (TPSA) is 99.1 Å². The third kappa shape index (κ3) is 8.18. The van der Waals surface area contributed by atoms with Crippen molar-refractivity contribution in [1.82, 2.24) is 0 Å². The maximum atomic E-state index is 13.4. The van der Waals surface area contributed by atoms with Crippen molar-refractivity contribution in [2.75, 3.05) is 6.61 Å². The van der Waals surface area contributed by atoms with Gasteiger partial charge in [-0.15, -0.1) is 0 Å². The Balaban J connectivity index is 1.57. The minimum Gasteiger partial charge on any atom is -0.423 e. The first kappa shape index (κ1) is 31.7. The second-order valence-electron chi connectivity index (χ2n) is 10.3. The lowest BCUT2D eigenvalue weighted by Crippen LogP contribution is -2.17. The Bertz CT molecular complexity index is 1660. The molecule has 4 rings (SSSR count). The van der Waals surface area contributed by atoms with Crippen LogP contribution in [0.3, 0.4) is 0 Å². The summed E-state index contributed by atoms with van der Waals surface area (Å²) in [6.45, 7) is 10.2. The zero-order chi connectivity index (χ0) is 31.6. The first-order chi connectivity index (χ1) is 21.2. The molecule has 0 saturated carbocycles. The zero-order valence-corrected chi connectivity index (χ0v) is 24.8. The van der Waals surface area contributed by atoms with E-state index in [2.05, 4.69) is 44.3 Å². The summed E-state index contributed by atoms with van der Waals surface area (Å²) < 4.78 is 16.3. The average Bonchev–Trinajstić information content (AvgIpc) is 3.04. The predicted octanol–water partition coefficient (Wildman–Crippen LogP) is 7.52. The summed E-state index contributed by atoms with van der Waals surface area (Å²) in [7, 11) is 0. The molecule has 0 atom stereocenters. The van der Waals surface area contributed by atoms with Crippen molar-refractivity contribution < 1.29 is 33.7 Å². The van der Waals surface area contributed by atoms with E-state index in [1.807, 2.05) is 12.1 Å². The van der Waals surface area contributed by atoms with Gasteiger partial charge in [-0.1, -0.05) is 81.1 Å². The van der Waals surface area contributed by atoms with E-state index in [1.54, 1.807) is 49.4 Å². The first-order valence-electron chi connectivity index (χ1n) is 14.2. The molecule has 44 heavy (non-hydrogen) atoms. The van der Waals surface area contributed by atoms with Crippen LogP contribution >= 0.6 is 0 Å². The number of aryl methyl sites for hydroxylation is 1. The molecule has 0 unspecified atom stereocenters. The molecule has 4 aromatic rings. The predicted molar refractivity (Wildman–Crippen MR) is 170 cm³/mol. The third-order valence-corrected chi connectivity index (χ3v) is 6.80. The van der Waals surface area contributed by atoms with E-state index >= 15 is 0 Å². The van der Waals surface area contributed by atoms with Gasteiger partial charge in [-0.2, -0.15) is 0 Å². The van der Waals surface area contributed by atoms with Crippen LogP contribution in [-0.4, -0.2) is 29.6 Å². The van der Waals surface area contributed by atoms with Gasteiger partial charge >= 0.3 is 17.9 Å². The van der Waals surface area contributed by atoms with Gasteiger partial charge in [-0.05, 0) is 84.0 Å². The second-order valence-corrected chi connectivity index (χ2v) is 10.3. The van der Waals surface area contributed by atoms with Crippen LogP contribution in [0, 0.1) is 0 Å². The quantitative estimate of drug-likeness (QED) is 0.104. The molecule has 0 aliphatic heterocycles. The molecule has 0 amide bonds. The van der Waals surface area contributed by atoms with Crippen LogP contribution in [0.4, 0.5) is 0 Å². The minimum absolute atomic E-state index is 0.00822. The number of hydrogen-bond donors (Lipinski definition) is 1. The van der Waals surface area contributed by atoms with E-state index in [-0.39, 0.29) is 22.5 Å². The molecule has 0 aliphatic rings. The van der Waals surface area contributed by atoms with E-state index in [0.717, 1.165) is 30.4 Å². The third-order valence-electron chi connectivity index (χ3n) is 6.80. The van der Waals surface area contributed by atoms with E-state index in [4.69, 9.17) is 14.2 Å². The van der Waals surface area contributed by atoms with Crippen molar-refractivity contribution in [3.05, 3.63) is 126 Å². The fraction of sp³-hybridized carbons (Fsp3) is 0.162. The van der Waals surface area contributed by atoms with Crippen molar-refractivity contribution >= 4 is 17.9 Å². The highest BCUT2D eigenvalue weighted by Gasteiger charge is 2.20. The number of carbonyl (C=O) groups excluding carboxylic acids is 3. The summed E-state index contributed by atoms with van der Waals surface area (Å²) in [5.74, 6) is -1.56. The van der Waals surface area contributed by atoms with Crippen molar-refractivity contribution in [1.29, 1.82) is 0 Å². The number of ether oxygens (including phenoxy) is 3. The number of hydrogen-bond acceptors (Lipinski definition) is 7. The summed E-state index contributed by atoms with van der Waals surface area (Å²) in [5.41, 5.74) is 4.75. The van der Waals surface area contributed by atoms with Crippen LogP contribution in [0.2, 0.25) is 0 Å². The molecule has 7 heteroatoms. The summed E-state index contributed by atoms with van der Waals surface area (Å²) in [5, 5.41) is 9.28. The Hall–Kier alpha value is -5.27. The molecular weight excluding hydrogens is 556 g/mol. The van der Waals surface area contributed by atoms with Gasteiger partial charge in [0.15, 0.2) is 0 Å². The largest absolute Gasteiger partial charge is 0.423 e. The van der Waals surface area contributed by atoms with E-state index in [9.17, 15) is 19.5 Å². The Morgan fingerprint density at radius 3 is 1.75 bits per heavy atom. The minimum atomic E-state index is -0.872. The van der Waals surface area contributed by atoms with Gasteiger partial charge < -0.3 is 19.3 Å². The Labute approximate surface area is 257 Å². The van der Waals surface area contributed by atoms with Gasteiger partial charge in [0.25, 0.3) is 0 Å². The highest BCUT2D eigenvalue weighted by atomic mass is 16.6. The van der Waals surface area contributed by atoms with Gasteiger partial charge in [0.05, 0.1) is 12.2 Å². The number of rotatable bonds is 12. The Morgan fingerprint density at radius 2 is 1.20 bits per heavy atom. The van der Waals surface area contributed by atoms with Gasteiger partial charge in [-0.25, -0.2) is 14.4 Å². The molecule has 0 fully saturated rings. The smallest absolute Gasteiger partial charge is 0.347 e. The van der Waals surface area contributed by atoms with Gasteiger partial charge in [-0.3, -0.25) is 0 Å². The number of benzene rings is 4. The Kier molecular flexibility index (Phi) is 10.6. The van der Waals surface area contributed by atoms with E-state index < -0.39 is 24.5 Å². The summed E-state index contributed by atoms with van der Waals surface area (Å²) in [6, 6.07) is 26.9.